The molecule has 1 atom stereocenters. The van der Waals surface area contributed by atoms with Crippen LogP contribution in [0, 0.1) is 12.8 Å². The van der Waals surface area contributed by atoms with Crippen LogP contribution in [0.4, 0.5) is 0 Å². The Hall–Kier alpha value is -2.34. The van der Waals surface area contributed by atoms with Gasteiger partial charge in [0.1, 0.15) is 6.04 Å². The summed E-state index contributed by atoms with van der Waals surface area (Å²) in [6, 6.07) is 6.23. The van der Waals surface area contributed by atoms with Gasteiger partial charge in [-0.3, -0.25) is 4.79 Å². The highest BCUT2D eigenvalue weighted by atomic mass is 35.5. The molecule has 7 heteroatoms. The number of nitrogens with zero attached hydrogens (tertiary/aromatic N) is 2. The van der Waals surface area contributed by atoms with E-state index in [-0.39, 0.29) is 5.92 Å². The molecule has 1 aliphatic rings. The van der Waals surface area contributed by atoms with E-state index in [1.165, 1.54) is 0 Å². The number of hydrogen-bond donors (Lipinski definition) is 2. The first kappa shape index (κ1) is 15.6. The molecule has 0 saturated heterocycles. The molecule has 23 heavy (non-hydrogen) atoms. The van der Waals surface area contributed by atoms with E-state index >= 15 is 0 Å². The first-order chi connectivity index (χ1) is 11.0. The topological polar surface area (TPSA) is 84.2 Å². The number of carboxylic acid groups (broad SMARTS) is 1. The zero-order chi connectivity index (χ0) is 16.6. The number of nitrogens with one attached hydrogen (secondary N) is 1. The summed E-state index contributed by atoms with van der Waals surface area (Å²) in [6.07, 6.45) is 3.26. The number of amides is 1. The smallest absolute Gasteiger partial charge is 0.326 e. The van der Waals surface area contributed by atoms with Gasteiger partial charge in [0.2, 0.25) is 0 Å². The van der Waals surface area contributed by atoms with Gasteiger partial charge in [0.05, 0.1) is 16.9 Å². The number of aryl methyl sites for hydroxylation is 1. The largest absolute Gasteiger partial charge is 0.480 e. The average molecular weight is 334 g/mol. The van der Waals surface area contributed by atoms with E-state index in [2.05, 4.69) is 10.4 Å². The molecule has 1 heterocycles. The van der Waals surface area contributed by atoms with Crippen LogP contribution in [0.2, 0.25) is 5.02 Å². The third-order valence-corrected chi connectivity index (χ3v) is 4.13. The molecule has 2 N–H and O–H groups in total. The molecular formula is C16H16ClN3O3. The van der Waals surface area contributed by atoms with E-state index < -0.39 is 17.9 Å². The lowest BCUT2D eigenvalue weighted by Gasteiger charge is -2.12. The Morgan fingerprint density at radius 2 is 2.00 bits per heavy atom. The highest BCUT2D eigenvalue weighted by Crippen LogP contribution is 2.33. The number of carboxylic acids is 1. The molecule has 1 amide bonds. The number of rotatable bonds is 5. The molecule has 1 aromatic carbocycles. The van der Waals surface area contributed by atoms with Crippen molar-refractivity contribution in [1.82, 2.24) is 15.1 Å². The van der Waals surface area contributed by atoms with Gasteiger partial charge < -0.3 is 10.4 Å². The van der Waals surface area contributed by atoms with Crippen LogP contribution in [-0.2, 0) is 4.79 Å². The van der Waals surface area contributed by atoms with E-state index in [1.54, 1.807) is 42.1 Å². The van der Waals surface area contributed by atoms with Gasteiger partial charge in [0, 0.05) is 11.2 Å². The van der Waals surface area contributed by atoms with Gasteiger partial charge in [-0.15, -0.1) is 0 Å². The maximum absolute atomic E-state index is 12.4. The van der Waals surface area contributed by atoms with Crippen molar-refractivity contribution in [3.8, 4) is 5.69 Å². The second-order valence-electron chi connectivity index (χ2n) is 5.68. The summed E-state index contributed by atoms with van der Waals surface area (Å²) in [4.78, 5) is 23.6. The molecule has 120 valence electrons. The van der Waals surface area contributed by atoms with Gasteiger partial charge >= 0.3 is 5.97 Å². The van der Waals surface area contributed by atoms with E-state index in [1.807, 2.05) is 0 Å². The Labute approximate surface area is 138 Å². The fourth-order valence-corrected chi connectivity index (χ4v) is 2.56. The van der Waals surface area contributed by atoms with Crippen LogP contribution < -0.4 is 5.32 Å². The Kier molecular flexibility index (Phi) is 4.09. The minimum absolute atomic E-state index is 0.0306. The van der Waals surface area contributed by atoms with Crippen LogP contribution in [0.1, 0.15) is 28.9 Å². The number of aliphatic carboxylic acids is 1. The molecule has 0 bridgehead atoms. The van der Waals surface area contributed by atoms with Crippen LogP contribution >= 0.6 is 11.6 Å². The molecule has 1 saturated carbocycles. The summed E-state index contributed by atoms with van der Waals surface area (Å²) in [7, 11) is 0. The minimum atomic E-state index is -0.997. The minimum Gasteiger partial charge on any atom is -0.480 e. The summed E-state index contributed by atoms with van der Waals surface area (Å²) in [5.41, 5.74) is 1.68. The number of hydrogen-bond acceptors (Lipinski definition) is 3. The van der Waals surface area contributed by atoms with Crippen LogP contribution in [0.15, 0.2) is 30.5 Å². The first-order valence-electron chi connectivity index (χ1n) is 7.31. The Morgan fingerprint density at radius 3 is 2.57 bits per heavy atom. The van der Waals surface area contributed by atoms with E-state index in [0.29, 0.717) is 16.3 Å². The first-order valence-corrected chi connectivity index (χ1v) is 7.69. The average Bonchev–Trinajstić information content (AvgIpc) is 3.27. The molecule has 3 rings (SSSR count). The summed E-state index contributed by atoms with van der Waals surface area (Å²) in [6.45, 7) is 1.72. The molecule has 6 nitrogen and oxygen atoms in total. The lowest BCUT2D eigenvalue weighted by atomic mass is 10.1. The van der Waals surface area contributed by atoms with Crippen molar-refractivity contribution in [1.29, 1.82) is 0 Å². The predicted octanol–water partition coefficient (Wildman–Crippen LogP) is 2.43. The van der Waals surface area contributed by atoms with Crippen LogP contribution in [0.5, 0.6) is 0 Å². The van der Waals surface area contributed by atoms with Gasteiger partial charge in [-0.25, -0.2) is 9.48 Å². The van der Waals surface area contributed by atoms with Gasteiger partial charge in [0.25, 0.3) is 5.91 Å². The molecule has 1 fully saturated rings. The number of benzene rings is 1. The summed E-state index contributed by atoms with van der Waals surface area (Å²) in [5, 5.41) is 16.7. The fraction of sp³-hybridized carbons (Fsp3) is 0.312. The number of halogens is 1. The Balaban J connectivity index is 1.81. The summed E-state index contributed by atoms with van der Waals surface area (Å²) in [5.74, 6) is -1.38. The van der Waals surface area contributed by atoms with Crippen molar-refractivity contribution >= 4 is 23.5 Å². The zero-order valence-electron chi connectivity index (χ0n) is 12.5. The van der Waals surface area contributed by atoms with Crippen molar-refractivity contribution in [3.05, 3.63) is 46.7 Å². The van der Waals surface area contributed by atoms with E-state index in [9.17, 15) is 14.7 Å². The number of aromatic nitrogens is 2. The molecule has 0 radical (unpaired) electrons. The maximum atomic E-state index is 12.4. The Bertz CT molecular complexity index is 750. The molecule has 1 aromatic heterocycles. The van der Waals surface area contributed by atoms with Gasteiger partial charge in [-0.2, -0.15) is 5.10 Å². The second kappa shape index (κ2) is 6.04. The monoisotopic (exact) mass is 333 g/mol. The van der Waals surface area contributed by atoms with Crippen molar-refractivity contribution in [3.63, 3.8) is 0 Å². The third kappa shape index (κ3) is 3.37. The van der Waals surface area contributed by atoms with Gasteiger partial charge in [0.15, 0.2) is 0 Å². The molecule has 1 unspecified atom stereocenters. The molecule has 2 aromatic rings. The summed E-state index contributed by atoms with van der Waals surface area (Å²) < 4.78 is 1.58. The quantitative estimate of drug-likeness (QED) is 0.880. The third-order valence-electron chi connectivity index (χ3n) is 3.88. The van der Waals surface area contributed by atoms with Crippen molar-refractivity contribution in [2.24, 2.45) is 5.92 Å². The number of carbonyl (C=O) groups excluding carboxylic acids is 1. The summed E-state index contributed by atoms with van der Waals surface area (Å²) >= 11 is 5.86. The zero-order valence-corrected chi connectivity index (χ0v) is 13.2. The molecule has 0 spiro atoms. The molecule has 0 aliphatic heterocycles. The van der Waals surface area contributed by atoms with Gasteiger partial charge in [-0.1, -0.05) is 11.6 Å². The molecule has 1 aliphatic carbocycles. The normalized spacial score (nSPS) is 15.2. The Morgan fingerprint density at radius 1 is 1.35 bits per heavy atom. The lowest BCUT2D eigenvalue weighted by Crippen LogP contribution is -2.42. The standard InChI is InChI=1S/C16H16ClN3O3/c1-9-13(15(21)18-14(16(22)23)10-2-3-10)8-20(19-9)12-6-4-11(17)5-7-12/h4-8,10,14H,2-3H2,1H3,(H,18,21)(H,22,23). The van der Waals surface area contributed by atoms with Gasteiger partial charge in [-0.05, 0) is 49.9 Å². The van der Waals surface area contributed by atoms with E-state index in [4.69, 9.17) is 11.6 Å². The lowest BCUT2D eigenvalue weighted by molar-refractivity contribution is -0.139. The van der Waals surface area contributed by atoms with Crippen LogP contribution in [-0.4, -0.2) is 32.8 Å². The van der Waals surface area contributed by atoms with Crippen molar-refractivity contribution in [2.75, 3.05) is 0 Å². The SMILES string of the molecule is Cc1nn(-c2ccc(Cl)cc2)cc1C(=O)NC(C(=O)O)C1CC1. The number of carbonyl (C=O) groups is 2. The highest BCUT2D eigenvalue weighted by Gasteiger charge is 2.37. The molecular weight excluding hydrogens is 318 g/mol. The maximum Gasteiger partial charge on any atom is 0.326 e. The second-order valence-corrected chi connectivity index (χ2v) is 6.11. The predicted molar refractivity (Wildman–Crippen MR) is 84.9 cm³/mol. The van der Waals surface area contributed by atoms with E-state index in [0.717, 1.165) is 18.5 Å². The highest BCUT2D eigenvalue weighted by molar-refractivity contribution is 6.30. The fourth-order valence-electron chi connectivity index (χ4n) is 2.44. The van der Waals surface area contributed by atoms with Crippen molar-refractivity contribution < 1.29 is 14.7 Å². The van der Waals surface area contributed by atoms with Crippen LogP contribution in [0.25, 0.3) is 5.69 Å². The van der Waals surface area contributed by atoms with Crippen LogP contribution in [0.3, 0.4) is 0 Å². The van der Waals surface area contributed by atoms with Crippen molar-refractivity contribution in [2.45, 2.75) is 25.8 Å².